The number of pyridine rings is 1. The van der Waals surface area contributed by atoms with Gasteiger partial charge in [-0.05, 0) is 24.1 Å². The molecule has 0 N–H and O–H groups in total. The number of nitrogens with zero attached hydrogens (tertiary/aromatic N) is 6. The molecule has 0 radical (unpaired) electrons. The summed E-state index contributed by atoms with van der Waals surface area (Å²) in [6.45, 7) is 4.50. The van der Waals surface area contributed by atoms with Crippen LogP contribution < -0.4 is 4.90 Å². The first-order valence-corrected chi connectivity index (χ1v) is 9.01. The van der Waals surface area contributed by atoms with Gasteiger partial charge < -0.3 is 14.7 Å². The Balaban J connectivity index is 1.55. The number of aromatic nitrogens is 3. The zero-order valence-corrected chi connectivity index (χ0v) is 15.7. The van der Waals surface area contributed by atoms with Crippen molar-refractivity contribution in [1.29, 1.82) is 0 Å². The van der Waals surface area contributed by atoms with Crippen LogP contribution in [0.5, 0.6) is 0 Å². The molecule has 3 rings (SSSR count). The van der Waals surface area contributed by atoms with Crippen molar-refractivity contribution >= 4 is 17.6 Å². The van der Waals surface area contributed by atoms with Crippen molar-refractivity contribution in [2.24, 2.45) is 0 Å². The Bertz CT molecular complexity index is 773. The summed E-state index contributed by atoms with van der Waals surface area (Å²) in [5.41, 5.74) is 1.54. The molecule has 1 saturated heterocycles. The number of hydrogen-bond donors (Lipinski definition) is 0. The normalized spacial score (nSPS) is 14.1. The third-order valence-corrected chi connectivity index (χ3v) is 4.75. The maximum absolute atomic E-state index is 12.6. The number of anilines is 1. The van der Waals surface area contributed by atoms with Gasteiger partial charge in [-0.25, -0.2) is 9.97 Å². The monoisotopic (exact) mass is 368 g/mol. The quantitative estimate of drug-likeness (QED) is 0.778. The number of hydrogen-bond acceptors (Lipinski definition) is 6. The Morgan fingerprint density at radius 2 is 1.70 bits per heavy atom. The Morgan fingerprint density at radius 3 is 2.30 bits per heavy atom. The van der Waals surface area contributed by atoms with Gasteiger partial charge in [0.15, 0.2) is 0 Å². The van der Waals surface area contributed by atoms with Crippen LogP contribution in [-0.2, 0) is 11.2 Å². The van der Waals surface area contributed by atoms with E-state index < -0.39 is 0 Å². The summed E-state index contributed by atoms with van der Waals surface area (Å²) >= 11 is 0. The molecule has 3 heterocycles. The van der Waals surface area contributed by atoms with E-state index in [0.717, 1.165) is 18.8 Å². The van der Waals surface area contributed by atoms with E-state index in [9.17, 15) is 9.59 Å². The summed E-state index contributed by atoms with van der Waals surface area (Å²) in [5, 5.41) is 0. The number of carbonyl (C=O) groups excluding carboxylic acids is 2. The van der Waals surface area contributed by atoms with Gasteiger partial charge >= 0.3 is 0 Å². The minimum atomic E-state index is -0.142. The van der Waals surface area contributed by atoms with Gasteiger partial charge in [0.05, 0.1) is 12.4 Å². The van der Waals surface area contributed by atoms with Crippen LogP contribution in [0.1, 0.15) is 23.0 Å². The highest BCUT2D eigenvalue weighted by Gasteiger charge is 2.24. The molecule has 2 aromatic heterocycles. The zero-order chi connectivity index (χ0) is 19.2. The molecule has 1 aliphatic rings. The molecule has 0 unspecified atom stereocenters. The first-order valence-electron chi connectivity index (χ1n) is 9.01. The number of carbonyl (C=O) groups is 2. The van der Waals surface area contributed by atoms with Crippen molar-refractivity contribution < 1.29 is 9.59 Å². The first-order chi connectivity index (χ1) is 13.0. The van der Waals surface area contributed by atoms with Gasteiger partial charge in [-0.2, -0.15) is 0 Å². The van der Waals surface area contributed by atoms with Crippen molar-refractivity contribution in [3.05, 3.63) is 48.2 Å². The zero-order valence-electron chi connectivity index (χ0n) is 15.7. The Hall–Kier alpha value is -3.03. The molecular formula is C19H24N6O2. The summed E-state index contributed by atoms with van der Waals surface area (Å²) in [6, 6.07) is 3.99. The van der Waals surface area contributed by atoms with E-state index in [1.807, 2.05) is 24.1 Å². The number of piperazine rings is 1. The van der Waals surface area contributed by atoms with Crippen molar-refractivity contribution in [2.75, 3.05) is 44.7 Å². The molecule has 0 aliphatic carbocycles. The molecule has 0 bridgehead atoms. The van der Waals surface area contributed by atoms with Gasteiger partial charge in [0.1, 0.15) is 11.5 Å². The van der Waals surface area contributed by atoms with E-state index in [1.54, 1.807) is 35.3 Å². The van der Waals surface area contributed by atoms with Gasteiger partial charge in [-0.15, -0.1) is 0 Å². The van der Waals surface area contributed by atoms with Gasteiger partial charge in [0, 0.05) is 59.1 Å². The number of amides is 2. The summed E-state index contributed by atoms with van der Waals surface area (Å²) in [6.07, 6.45) is 7.60. The summed E-state index contributed by atoms with van der Waals surface area (Å²) in [7, 11) is 1.95. The van der Waals surface area contributed by atoms with Crippen LogP contribution >= 0.6 is 0 Å². The first kappa shape index (κ1) is 18.8. The smallest absolute Gasteiger partial charge is 0.274 e. The number of likely N-dealkylation sites (N-methyl/N-ethyl adjacent to an activating group) is 1. The lowest BCUT2D eigenvalue weighted by Gasteiger charge is -2.34. The van der Waals surface area contributed by atoms with Crippen LogP contribution in [-0.4, -0.2) is 76.3 Å². The van der Waals surface area contributed by atoms with E-state index in [2.05, 4.69) is 15.0 Å². The van der Waals surface area contributed by atoms with Crippen molar-refractivity contribution in [3.63, 3.8) is 0 Å². The molecule has 8 nitrogen and oxygen atoms in total. The lowest BCUT2D eigenvalue weighted by molar-refractivity contribution is -0.130. The van der Waals surface area contributed by atoms with Gasteiger partial charge in [-0.1, -0.05) is 0 Å². The largest absolute Gasteiger partial charge is 0.358 e. The third-order valence-electron chi connectivity index (χ3n) is 4.75. The maximum atomic E-state index is 12.6. The molecule has 0 spiro atoms. The predicted molar refractivity (Wildman–Crippen MR) is 101 cm³/mol. The molecule has 1 fully saturated rings. The molecule has 27 heavy (non-hydrogen) atoms. The Labute approximate surface area is 158 Å². The van der Waals surface area contributed by atoms with E-state index in [4.69, 9.17) is 0 Å². The topological polar surface area (TPSA) is 82.5 Å². The second-order valence-corrected chi connectivity index (χ2v) is 6.59. The fourth-order valence-corrected chi connectivity index (χ4v) is 2.98. The van der Waals surface area contributed by atoms with Crippen molar-refractivity contribution in [1.82, 2.24) is 24.8 Å². The summed E-state index contributed by atoms with van der Waals surface area (Å²) in [4.78, 5) is 42.1. The molecule has 2 aromatic rings. The van der Waals surface area contributed by atoms with Crippen molar-refractivity contribution in [2.45, 2.75) is 13.3 Å². The maximum Gasteiger partial charge on any atom is 0.274 e. The van der Waals surface area contributed by atoms with Crippen LogP contribution in [0.4, 0.5) is 5.82 Å². The Morgan fingerprint density at radius 1 is 1.04 bits per heavy atom. The van der Waals surface area contributed by atoms with Crippen LogP contribution in [0.25, 0.3) is 0 Å². The number of rotatable bonds is 5. The lowest BCUT2D eigenvalue weighted by Crippen LogP contribution is -2.50. The molecule has 142 valence electrons. The SMILES string of the molecule is CC(=O)N1CCN(C(=O)c2cnc(N(C)CCc3ccncc3)cn2)CC1. The van der Waals surface area contributed by atoms with Gasteiger partial charge in [0.25, 0.3) is 5.91 Å². The van der Waals surface area contributed by atoms with Crippen LogP contribution in [0.2, 0.25) is 0 Å². The summed E-state index contributed by atoms with van der Waals surface area (Å²) in [5.74, 6) is 0.625. The second-order valence-electron chi connectivity index (χ2n) is 6.59. The van der Waals surface area contributed by atoms with Crippen LogP contribution in [0.3, 0.4) is 0 Å². The molecule has 0 atom stereocenters. The highest BCUT2D eigenvalue weighted by Crippen LogP contribution is 2.11. The fourth-order valence-electron chi connectivity index (χ4n) is 2.98. The van der Waals surface area contributed by atoms with E-state index in [1.165, 1.54) is 11.8 Å². The summed E-state index contributed by atoms with van der Waals surface area (Å²) < 4.78 is 0. The van der Waals surface area contributed by atoms with E-state index in [-0.39, 0.29) is 11.8 Å². The minimum Gasteiger partial charge on any atom is -0.358 e. The lowest BCUT2D eigenvalue weighted by atomic mass is 10.2. The molecule has 0 saturated carbocycles. The second kappa shape index (κ2) is 8.57. The average Bonchev–Trinajstić information content (AvgIpc) is 2.72. The van der Waals surface area contributed by atoms with Crippen LogP contribution in [0.15, 0.2) is 36.9 Å². The molecule has 8 heteroatoms. The van der Waals surface area contributed by atoms with Gasteiger partial charge in [-0.3, -0.25) is 14.6 Å². The molecule has 2 amide bonds. The van der Waals surface area contributed by atoms with E-state index in [0.29, 0.717) is 31.9 Å². The van der Waals surface area contributed by atoms with Crippen molar-refractivity contribution in [3.8, 4) is 0 Å². The highest BCUT2D eigenvalue weighted by molar-refractivity contribution is 5.92. The average molecular weight is 368 g/mol. The predicted octanol–water partition coefficient (Wildman–Crippen LogP) is 0.855. The highest BCUT2D eigenvalue weighted by atomic mass is 16.2. The van der Waals surface area contributed by atoms with Gasteiger partial charge in [0.2, 0.25) is 5.91 Å². The van der Waals surface area contributed by atoms with Crippen LogP contribution in [0, 0.1) is 0 Å². The Kier molecular flexibility index (Phi) is 5.95. The standard InChI is InChI=1S/C19H24N6O2/c1-15(26)24-9-11-25(12-10-24)19(27)17-13-22-18(14-21-17)23(2)8-5-16-3-6-20-7-4-16/h3-4,6-7,13-14H,5,8-12H2,1-2H3. The van der Waals surface area contributed by atoms with E-state index >= 15 is 0 Å². The molecular weight excluding hydrogens is 344 g/mol. The third kappa shape index (κ3) is 4.78. The minimum absolute atomic E-state index is 0.0426. The molecule has 1 aliphatic heterocycles. The fraction of sp³-hybridized carbons (Fsp3) is 0.421. The molecule has 0 aromatic carbocycles.